The van der Waals surface area contributed by atoms with E-state index in [2.05, 4.69) is 138 Å². The van der Waals surface area contributed by atoms with Crippen molar-refractivity contribution in [1.29, 1.82) is 0 Å². The Morgan fingerprint density at radius 2 is 0.849 bits per heavy atom. The van der Waals surface area contributed by atoms with Crippen molar-refractivity contribution < 1.29 is 0 Å². The van der Waals surface area contributed by atoms with Crippen LogP contribution in [0.25, 0.3) is 95.0 Å². The second-order valence-corrected chi connectivity index (χ2v) is 13.1. The van der Waals surface area contributed by atoms with Gasteiger partial charge in [0, 0.05) is 33.8 Å². The van der Waals surface area contributed by atoms with Crippen molar-refractivity contribution in [1.82, 2.24) is 24.3 Å². The molecule has 10 rings (SSSR count). The molecule has 0 fully saturated rings. The first-order valence-electron chi connectivity index (χ1n) is 17.7. The first-order valence-corrected chi connectivity index (χ1v) is 17.7. The molecule has 0 bridgehead atoms. The molecule has 0 saturated carbocycles. The lowest BCUT2D eigenvalue weighted by Gasteiger charge is -2.11. The summed E-state index contributed by atoms with van der Waals surface area (Å²) in [6, 6.07) is 62.9. The van der Waals surface area contributed by atoms with E-state index in [1.165, 1.54) is 11.1 Å². The number of aromatic nitrogens is 5. The zero-order valence-electron chi connectivity index (χ0n) is 28.6. The minimum Gasteiger partial charge on any atom is -0.298 e. The molecular weight excluding hydrogens is 647 g/mol. The van der Waals surface area contributed by atoms with Gasteiger partial charge in [0.25, 0.3) is 0 Å². The molecule has 0 aliphatic heterocycles. The van der Waals surface area contributed by atoms with Crippen LogP contribution in [0.4, 0.5) is 0 Å². The van der Waals surface area contributed by atoms with Gasteiger partial charge in [-0.1, -0.05) is 158 Å². The normalized spacial score (nSPS) is 11.4. The molecule has 4 heterocycles. The highest BCUT2D eigenvalue weighted by Gasteiger charge is 2.17. The van der Waals surface area contributed by atoms with Gasteiger partial charge in [-0.25, -0.2) is 19.9 Å². The van der Waals surface area contributed by atoms with E-state index >= 15 is 0 Å². The van der Waals surface area contributed by atoms with Gasteiger partial charge in [-0.2, -0.15) is 0 Å². The van der Waals surface area contributed by atoms with Gasteiger partial charge in [-0.15, -0.1) is 0 Å². The molecule has 0 N–H and O–H groups in total. The number of hydrogen-bond acceptors (Lipinski definition) is 4. The molecule has 0 radical (unpaired) electrons. The van der Waals surface area contributed by atoms with Crippen molar-refractivity contribution in [3.8, 4) is 67.4 Å². The summed E-state index contributed by atoms with van der Waals surface area (Å²) < 4.78 is 2.14. The van der Waals surface area contributed by atoms with Crippen LogP contribution in [-0.2, 0) is 0 Å². The van der Waals surface area contributed by atoms with Gasteiger partial charge < -0.3 is 0 Å². The molecule has 6 aromatic carbocycles. The van der Waals surface area contributed by atoms with Gasteiger partial charge in [0.1, 0.15) is 11.2 Å². The summed E-state index contributed by atoms with van der Waals surface area (Å²) in [5, 5.41) is 1.05. The van der Waals surface area contributed by atoms with Gasteiger partial charge in [-0.3, -0.25) is 4.40 Å². The molecule has 0 atom stereocenters. The Labute approximate surface area is 306 Å². The molecule has 5 nitrogen and oxygen atoms in total. The minimum atomic E-state index is 0.701. The molecule has 5 heteroatoms. The lowest BCUT2D eigenvalue weighted by atomic mass is 9.99. The molecule has 0 aliphatic carbocycles. The van der Waals surface area contributed by atoms with Crippen LogP contribution >= 0.6 is 0 Å². The monoisotopic (exact) mass is 677 g/mol. The fourth-order valence-electron chi connectivity index (χ4n) is 7.13. The number of pyridine rings is 2. The lowest BCUT2D eigenvalue weighted by molar-refractivity contribution is 1.18. The molecule has 4 aromatic heterocycles. The molecule has 53 heavy (non-hydrogen) atoms. The number of imidazole rings is 1. The second-order valence-electron chi connectivity index (χ2n) is 13.1. The largest absolute Gasteiger partial charge is 0.298 e. The zero-order valence-corrected chi connectivity index (χ0v) is 28.6. The van der Waals surface area contributed by atoms with Crippen molar-refractivity contribution >= 4 is 27.6 Å². The number of nitrogens with zero attached hydrogens (tertiary/aromatic N) is 5. The van der Waals surface area contributed by atoms with Crippen molar-refractivity contribution in [3.05, 3.63) is 188 Å². The predicted molar refractivity (Wildman–Crippen MR) is 216 cm³/mol. The van der Waals surface area contributed by atoms with Crippen LogP contribution in [0.15, 0.2) is 188 Å². The van der Waals surface area contributed by atoms with Crippen LogP contribution < -0.4 is 0 Å². The van der Waals surface area contributed by atoms with Crippen LogP contribution in [0.3, 0.4) is 0 Å². The molecule has 0 spiro atoms. The Morgan fingerprint density at radius 1 is 0.358 bits per heavy atom. The van der Waals surface area contributed by atoms with Crippen molar-refractivity contribution in [3.63, 3.8) is 0 Å². The third-order valence-electron chi connectivity index (χ3n) is 9.86. The van der Waals surface area contributed by atoms with Crippen LogP contribution in [0.5, 0.6) is 0 Å². The fraction of sp³-hybridized carbons (Fsp3) is 0. The quantitative estimate of drug-likeness (QED) is 0.176. The maximum absolute atomic E-state index is 5.15. The van der Waals surface area contributed by atoms with Crippen molar-refractivity contribution in [2.24, 2.45) is 0 Å². The average Bonchev–Trinajstić information content (AvgIpc) is 3.64. The van der Waals surface area contributed by atoms with Crippen LogP contribution in [-0.4, -0.2) is 24.3 Å². The summed E-state index contributed by atoms with van der Waals surface area (Å²) in [4.78, 5) is 20.2. The molecule has 10 aromatic rings. The number of benzene rings is 6. The topological polar surface area (TPSA) is 56.0 Å². The maximum Gasteiger partial charge on any atom is 0.160 e. The second kappa shape index (κ2) is 12.8. The Morgan fingerprint density at radius 3 is 1.47 bits per heavy atom. The number of hydrogen-bond donors (Lipinski definition) is 0. The van der Waals surface area contributed by atoms with Gasteiger partial charge >= 0.3 is 0 Å². The van der Waals surface area contributed by atoms with Gasteiger partial charge in [-0.05, 0) is 46.5 Å². The molecule has 0 saturated heterocycles. The van der Waals surface area contributed by atoms with Crippen LogP contribution in [0.1, 0.15) is 0 Å². The average molecular weight is 678 g/mol. The van der Waals surface area contributed by atoms with Crippen LogP contribution in [0.2, 0.25) is 0 Å². The molecular formula is C48H31N5. The Kier molecular flexibility index (Phi) is 7.40. The van der Waals surface area contributed by atoms with Gasteiger partial charge in [0.15, 0.2) is 5.82 Å². The first kappa shape index (κ1) is 30.6. The van der Waals surface area contributed by atoms with Crippen molar-refractivity contribution in [2.45, 2.75) is 0 Å². The summed E-state index contributed by atoms with van der Waals surface area (Å²) in [7, 11) is 0. The van der Waals surface area contributed by atoms with E-state index < -0.39 is 0 Å². The van der Waals surface area contributed by atoms with E-state index in [1.807, 2.05) is 54.6 Å². The number of para-hydroxylation sites is 1. The lowest BCUT2D eigenvalue weighted by Crippen LogP contribution is -1.96. The Bertz CT molecular complexity index is 2900. The summed E-state index contributed by atoms with van der Waals surface area (Å²) >= 11 is 0. The molecule has 0 unspecified atom stereocenters. The van der Waals surface area contributed by atoms with E-state index in [1.54, 1.807) is 0 Å². The van der Waals surface area contributed by atoms with E-state index in [9.17, 15) is 0 Å². The molecule has 0 amide bonds. The van der Waals surface area contributed by atoms with E-state index in [0.717, 1.165) is 78.0 Å². The third kappa shape index (κ3) is 5.61. The minimum absolute atomic E-state index is 0.701. The molecule has 248 valence electrons. The van der Waals surface area contributed by atoms with Gasteiger partial charge in [0.05, 0.1) is 28.1 Å². The zero-order chi connectivity index (χ0) is 35.1. The highest BCUT2D eigenvalue weighted by molar-refractivity contribution is 6.09. The maximum atomic E-state index is 5.15. The standard InChI is InChI=1S/C48H31N5/c1-3-11-32(12-4-1)33-18-24-36(25-19-33)42-31-43(51-48(50-42)39-13-5-2-6-14-39)37-26-20-34(21-27-37)35-22-28-38(29-23-35)45-47-46(40-15-7-8-16-41(40)49-45)52-44-17-9-10-30-53(44)47/h1-31H. The van der Waals surface area contributed by atoms with E-state index in [-0.39, 0.29) is 0 Å². The highest BCUT2D eigenvalue weighted by Crippen LogP contribution is 2.35. The van der Waals surface area contributed by atoms with Gasteiger partial charge in [0.2, 0.25) is 0 Å². The summed E-state index contributed by atoms with van der Waals surface area (Å²) in [5.74, 6) is 0.701. The number of rotatable bonds is 6. The smallest absolute Gasteiger partial charge is 0.160 e. The van der Waals surface area contributed by atoms with E-state index in [4.69, 9.17) is 19.9 Å². The SMILES string of the molecule is c1ccc(-c2ccc(-c3cc(-c4ccc(-c5ccc(-c6nc7ccccc7c7nc8ccccn8c67)cc5)cc4)nc(-c4ccccc4)n3)cc2)cc1. The van der Waals surface area contributed by atoms with Crippen LogP contribution in [0, 0.1) is 0 Å². The number of fused-ring (bicyclic) bond motifs is 5. The van der Waals surface area contributed by atoms with Crippen molar-refractivity contribution in [2.75, 3.05) is 0 Å². The first-order chi connectivity index (χ1) is 26.2. The Hall–Kier alpha value is -7.24. The Balaban J connectivity index is 0.994. The summed E-state index contributed by atoms with van der Waals surface area (Å²) in [5.41, 5.74) is 15.2. The summed E-state index contributed by atoms with van der Waals surface area (Å²) in [6.07, 6.45) is 2.06. The third-order valence-corrected chi connectivity index (χ3v) is 9.86. The fourth-order valence-corrected chi connectivity index (χ4v) is 7.13. The molecule has 0 aliphatic rings. The predicted octanol–water partition coefficient (Wildman–Crippen LogP) is 11.8. The van der Waals surface area contributed by atoms with E-state index in [0.29, 0.717) is 5.82 Å². The highest BCUT2D eigenvalue weighted by atomic mass is 15.0. The summed E-state index contributed by atoms with van der Waals surface area (Å²) in [6.45, 7) is 0.